The van der Waals surface area contributed by atoms with Crippen LogP contribution in [-0.4, -0.2) is 32.6 Å². The number of hydrogen-bond acceptors (Lipinski definition) is 2. The fourth-order valence-corrected chi connectivity index (χ4v) is 2.92. The Labute approximate surface area is 73.0 Å². The van der Waals surface area contributed by atoms with E-state index in [1.54, 1.807) is 0 Å². The van der Waals surface area contributed by atoms with Crippen LogP contribution in [-0.2, 0) is 0 Å². The average Bonchev–Trinajstić information content (AvgIpc) is 2.58. The van der Waals surface area contributed by atoms with Gasteiger partial charge in [-0.25, -0.2) is 0 Å². The van der Waals surface area contributed by atoms with Crippen LogP contribution in [0.15, 0.2) is 11.1 Å². The molecule has 1 aromatic heterocycles. The fraction of sp³-hybridized carbons (Fsp3) is 0.625. The van der Waals surface area contributed by atoms with Crippen molar-refractivity contribution >= 4 is 19.2 Å². The Balaban J connectivity index is 2.04. The molecule has 0 atom stereocenters. The molecule has 1 aliphatic rings. The van der Waals surface area contributed by atoms with Gasteiger partial charge in [-0.3, -0.25) is 0 Å². The van der Waals surface area contributed by atoms with Gasteiger partial charge in [0.15, 0.2) is 0 Å². The van der Waals surface area contributed by atoms with Gasteiger partial charge in [-0.15, -0.1) is 0 Å². The van der Waals surface area contributed by atoms with Gasteiger partial charge in [0.2, 0.25) is 0 Å². The molecular weight excluding hydrogens is 203 g/mol. The van der Waals surface area contributed by atoms with E-state index < -0.39 is 0 Å². The maximum atomic E-state index is 4.35. The van der Waals surface area contributed by atoms with Crippen molar-refractivity contribution in [1.29, 1.82) is 0 Å². The van der Waals surface area contributed by atoms with Crippen LogP contribution in [0.25, 0.3) is 0 Å². The quantitative estimate of drug-likeness (QED) is 0.653. The number of nitrogens with zero attached hydrogens (tertiary/aromatic N) is 2. The summed E-state index contributed by atoms with van der Waals surface area (Å²) in [5, 5.41) is 0. The van der Waals surface area contributed by atoms with Gasteiger partial charge in [0.1, 0.15) is 0 Å². The van der Waals surface area contributed by atoms with Gasteiger partial charge in [0.05, 0.1) is 0 Å². The van der Waals surface area contributed by atoms with Gasteiger partial charge in [-0.05, 0) is 0 Å². The minimum absolute atomic E-state index is 0.539. The molecule has 11 heavy (non-hydrogen) atoms. The van der Waals surface area contributed by atoms with E-state index in [9.17, 15) is 0 Å². The van der Waals surface area contributed by atoms with Crippen LogP contribution < -0.4 is 4.90 Å². The van der Waals surface area contributed by atoms with E-state index >= 15 is 0 Å². The zero-order valence-corrected chi connectivity index (χ0v) is 8.21. The van der Waals surface area contributed by atoms with Crippen LogP contribution >= 0.6 is 0 Å². The molecule has 60 valence electrons. The summed E-state index contributed by atoms with van der Waals surface area (Å²) in [6, 6.07) is 0. The second-order valence-corrected chi connectivity index (χ2v) is 4.69. The van der Waals surface area contributed by atoms with Gasteiger partial charge >= 0.3 is 72.6 Å². The molecule has 1 aromatic rings. The van der Waals surface area contributed by atoms with Gasteiger partial charge in [0, 0.05) is 0 Å². The SMILES string of the molecule is c1c[se]c(N2CCCCC2)n1. The molecule has 0 N–H and O–H groups in total. The first kappa shape index (κ1) is 7.38. The number of aromatic nitrogens is 1. The second-order valence-electron chi connectivity index (χ2n) is 2.86. The number of anilines is 1. The molecule has 3 heteroatoms. The predicted molar refractivity (Wildman–Crippen MR) is 47.2 cm³/mol. The van der Waals surface area contributed by atoms with E-state index in [0.29, 0.717) is 14.5 Å². The van der Waals surface area contributed by atoms with Crippen molar-refractivity contribution < 1.29 is 0 Å². The predicted octanol–water partition coefficient (Wildman–Crippen LogP) is 1.13. The van der Waals surface area contributed by atoms with E-state index in [4.69, 9.17) is 0 Å². The molecule has 0 amide bonds. The molecule has 0 aromatic carbocycles. The van der Waals surface area contributed by atoms with Crippen LogP contribution in [0, 0.1) is 0 Å². The minimum atomic E-state index is 0.539. The van der Waals surface area contributed by atoms with E-state index in [1.165, 1.54) is 37.0 Å². The Bertz CT molecular complexity index is 202. The zero-order valence-electron chi connectivity index (χ0n) is 6.49. The Morgan fingerprint density at radius 1 is 1.27 bits per heavy atom. The topological polar surface area (TPSA) is 16.1 Å². The first-order chi connectivity index (χ1) is 5.47. The molecule has 0 unspecified atom stereocenters. The fourth-order valence-electron chi connectivity index (χ4n) is 1.46. The van der Waals surface area contributed by atoms with Crippen LogP contribution in [0.4, 0.5) is 4.69 Å². The van der Waals surface area contributed by atoms with E-state index in [2.05, 4.69) is 14.8 Å². The molecule has 2 rings (SSSR count). The number of rotatable bonds is 1. The van der Waals surface area contributed by atoms with Crippen molar-refractivity contribution in [2.75, 3.05) is 18.0 Å². The average molecular weight is 215 g/mol. The Hall–Kier alpha value is -0.271. The van der Waals surface area contributed by atoms with Crippen LogP contribution in [0.1, 0.15) is 19.3 Å². The van der Waals surface area contributed by atoms with Gasteiger partial charge in [-0.1, -0.05) is 0 Å². The van der Waals surface area contributed by atoms with Crippen molar-refractivity contribution in [3.8, 4) is 0 Å². The molecule has 0 radical (unpaired) electrons. The summed E-state index contributed by atoms with van der Waals surface area (Å²) in [5.41, 5.74) is 0. The van der Waals surface area contributed by atoms with Crippen LogP contribution in [0.3, 0.4) is 0 Å². The van der Waals surface area contributed by atoms with Crippen molar-refractivity contribution in [2.45, 2.75) is 19.3 Å². The molecule has 0 saturated carbocycles. The third-order valence-corrected chi connectivity index (χ3v) is 3.79. The molecule has 1 fully saturated rings. The first-order valence-electron chi connectivity index (χ1n) is 4.11. The molecule has 0 aliphatic carbocycles. The third kappa shape index (κ3) is 1.66. The molecule has 0 spiro atoms. The number of piperidine rings is 1. The summed E-state index contributed by atoms with van der Waals surface area (Å²) in [6.45, 7) is 2.48. The zero-order chi connectivity index (χ0) is 7.52. The Kier molecular flexibility index (Phi) is 2.29. The summed E-state index contributed by atoms with van der Waals surface area (Å²) < 4.78 is 1.34. The molecule has 1 saturated heterocycles. The summed E-state index contributed by atoms with van der Waals surface area (Å²) in [6.07, 6.45) is 6.07. The van der Waals surface area contributed by atoms with E-state index in [-0.39, 0.29) is 0 Å². The summed E-state index contributed by atoms with van der Waals surface area (Å²) >= 11 is 0.539. The Morgan fingerprint density at radius 3 is 2.73 bits per heavy atom. The van der Waals surface area contributed by atoms with Crippen molar-refractivity contribution in [2.24, 2.45) is 0 Å². The van der Waals surface area contributed by atoms with E-state index in [0.717, 1.165) is 0 Å². The summed E-state index contributed by atoms with van der Waals surface area (Å²) in [7, 11) is 0. The normalized spacial score (nSPS) is 18.7. The summed E-state index contributed by atoms with van der Waals surface area (Å²) in [5.74, 6) is 0. The monoisotopic (exact) mass is 216 g/mol. The standard InChI is InChI=1S/C8H12N2Se/c1-2-5-10(6-3-1)8-9-4-7-11-8/h4,7H,1-3,5-6H2. The first-order valence-corrected chi connectivity index (χ1v) is 5.96. The van der Waals surface area contributed by atoms with Gasteiger partial charge in [0.25, 0.3) is 0 Å². The maximum absolute atomic E-state index is 4.35. The third-order valence-electron chi connectivity index (χ3n) is 2.05. The molecule has 2 heterocycles. The summed E-state index contributed by atoms with van der Waals surface area (Å²) in [4.78, 5) is 8.99. The van der Waals surface area contributed by atoms with Crippen molar-refractivity contribution in [3.63, 3.8) is 0 Å². The molecule has 1 aliphatic heterocycles. The van der Waals surface area contributed by atoms with Gasteiger partial charge in [-0.2, -0.15) is 0 Å². The Morgan fingerprint density at radius 2 is 2.09 bits per heavy atom. The second kappa shape index (κ2) is 3.42. The van der Waals surface area contributed by atoms with Crippen molar-refractivity contribution in [1.82, 2.24) is 4.98 Å². The van der Waals surface area contributed by atoms with Crippen LogP contribution in [0.5, 0.6) is 0 Å². The molecular formula is C8H12N2Se. The number of hydrogen-bond donors (Lipinski definition) is 0. The van der Waals surface area contributed by atoms with Crippen LogP contribution in [0.2, 0.25) is 0 Å². The molecule has 2 nitrogen and oxygen atoms in total. The van der Waals surface area contributed by atoms with E-state index in [1.807, 2.05) is 6.20 Å². The molecule has 0 bridgehead atoms. The van der Waals surface area contributed by atoms with Gasteiger partial charge < -0.3 is 0 Å². The van der Waals surface area contributed by atoms with Crippen molar-refractivity contribution in [3.05, 3.63) is 11.1 Å².